The van der Waals surface area contributed by atoms with Crippen LogP contribution in [0.1, 0.15) is 11.1 Å². The Labute approximate surface area is 252 Å². The zero-order valence-electron chi connectivity index (χ0n) is 23.9. The molecule has 0 aliphatic carbocycles. The molecule has 0 radical (unpaired) electrons. The fourth-order valence-corrected chi connectivity index (χ4v) is 6.77. The van der Waals surface area contributed by atoms with Gasteiger partial charge in [-0.2, -0.15) is 0 Å². The highest BCUT2D eigenvalue weighted by atomic mass is 14.2. The fourth-order valence-electron chi connectivity index (χ4n) is 6.77. The molecule has 0 fully saturated rings. The van der Waals surface area contributed by atoms with Crippen molar-refractivity contribution in [2.45, 2.75) is 6.42 Å². The van der Waals surface area contributed by atoms with E-state index >= 15 is 0 Å². The summed E-state index contributed by atoms with van der Waals surface area (Å²) >= 11 is 0. The van der Waals surface area contributed by atoms with Crippen LogP contribution in [-0.4, -0.2) is 0 Å². The van der Waals surface area contributed by atoms with E-state index in [2.05, 4.69) is 170 Å². The lowest BCUT2D eigenvalue weighted by atomic mass is 9.82. The van der Waals surface area contributed by atoms with E-state index in [1.807, 2.05) is 0 Å². The van der Waals surface area contributed by atoms with Gasteiger partial charge in [0.05, 0.1) is 0 Å². The standard InChI is InChI=1S/C43H30/c1-2-15-32(16-3-1)35-19-8-9-21-37(35)43-40-24-12-10-22-38(40)42(39-23-11-13-25-41(39)43)36-20-7-6-18-34(36)29-30-26-27-31-14-4-5-17-33(31)28-30/h1-28H,29H2. The summed E-state index contributed by atoms with van der Waals surface area (Å²) < 4.78 is 0. The third-order valence-electron chi connectivity index (χ3n) is 8.71. The van der Waals surface area contributed by atoms with Crippen molar-refractivity contribution in [2.75, 3.05) is 0 Å². The number of hydrogen-bond acceptors (Lipinski definition) is 0. The van der Waals surface area contributed by atoms with Gasteiger partial charge in [-0.3, -0.25) is 0 Å². The quantitative estimate of drug-likeness (QED) is 0.188. The minimum Gasteiger partial charge on any atom is -0.0622 e. The summed E-state index contributed by atoms with van der Waals surface area (Å²) in [5.74, 6) is 0. The van der Waals surface area contributed by atoms with E-state index in [9.17, 15) is 0 Å². The first kappa shape index (κ1) is 25.3. The van der Waals surface area contributed by atoms with E-state index in [4.69, 9.17) is 0 Å². The lowest BCUT2D eigenvalue weighted by Gasteiger charge is -2.21. The summed E-state index contributed by atoms with van der Waals surface area (Å²) in [6.07, 6.45) is 0.877. The van der Waals surface area contributed by atoms with Crippen molar-refractivity contribution < 1.29 is 0 Å². The molecule has 0 aliphatic rings. The van der Waals surface area contributed by atoms with Crippen LogP contribution in [0.15, 0.2) is 170 Å². The molecule has 0 unspecified atom stereocenters. The molecule has 0 heterocycles. The van der Waals surface area contributed by atoms with Gasteiger partial charge in [0, 0.05) is 0 Å². The van der Waals surface area contributed by atoms with Crippen LogP contribution in [0.3, 0.4) is 0 Å². The average Bonchev–Trinajstić information content (AvgIpc) is 3.08. The molecule has 0 saturated carbocycles. The van der Waals surface area contributed by atoms with Crippen LogP contribution in [0.25, 0.3) is 65.7 Å². The molecule has 43 heavy (non-hydrogen) atoms. The molecule has 8 aromatic carbocycles. The molecule has 0 aliphatic heterocycles. The fraction of sp³-hybridized carbons (Fsp3) is 0.0233. The maximum atomic E-state index is 2.34. The van der Waals surface area contributed by atoms with Crippen LogP contribution in [0.2, 0.25) is 0 Å². The Morgan fingerprint density at radius 1 is 0.326 bits per heavy atom. The SMILES string of the molecule is c1ccc(-c2ccccc2-c2c3ccccc3c(-c3ccccc3Cc3ccc4ccccc4c3)c3ccccc23)cc1. The molecule has 202 valence electrons. The van der Waals surface area contributed by atoms with Crippen LogP contribution in [0.4, 0.5) is 0 Å². The predicted molar refractivity (Wildman–Crippen MR) is 185 cm³/mol. The Morgan fingerprint density at radius 2 is 0.814 bits per heavy atom. The maximum absolute atomic E-state index is 2.34. The monoisotopic (exact) mass is 546 g/mol. The zero-order valence-corrected chi connectivity index (χ0v) is 23.9. The van der Waals surface area contributed by atoms with Crippen molar-refractivity contribution in [1.29, 1.82) is 0 Å². The van der Waals surface area contributed by atoms with E-state index in [1.54, 1.807) is 0 Å². The van der Waals surface area contributed by atoms with E-state index < -0.39 is 0 Å². The molecule has 8 rings (SSSR count). The van der Waals surface area contributed by atoms with Crippen LogP contribution in [0, 0.1) is 0 Å². The second-order valence-corrected chi connectivity index (χ2v) is 11.3. The molecule has 0 atom stereocenters. The van der Waals surface area contributed by atoms with Crippen molar-refractivity contribution in [2.24, 2.45) is 0 Å². The molecule has 0 aromatic heterocycles. The maximum Gasteiger partial charge on any atom is -0.00194 e. The first-order valence-corrected chi connectivity index (χ1v) is 15.0. The van der Waals surface area contributed by atoms with Gasteiger partial charge in [0.1, 0.15) is 0 Å². The average molecular weight is 547 g/mol. The summed E-state index contributed by atoms with van der Waals surface area (Å²) in [6.45, 7) is 0. The molecule has 0 bridgehead atoms. The van der Waals surface area contributed by atoms with Gasteiger partial charge in [-0.25, -0.2) is 0 Å². The van der Waals surface area contributed by atoms with Gasteiger partial charge in [-0.15, -0.1) is 0 Å². The minimum absolute atomic E-state index is 0.877. The van der Waals surface area contributed by atoms with Crippen molar-refractivity contribution >= 4 is 32.3 Å². The predicted octanol–water partition coefficient (Wildman–Crippen LogP) is 11.7. The summed E-state index contributed by atoms with van der Waals surface area (Å²) in [7, 11) is 0. The first-order chi connectivity index (χ1) is 21.3. The molecule has 0 heteroatoms. The molecule has 0 spiro atoms. The molecular formula is C43H30. The van der Waals surface area contributed by atoms with Gasteiger partial charge in [0.15, 0.2) is 0 Å². The van der Waals surface area contributed by atoms with E-state index in [-0.39, 0.29) is 0 Å². The molecule has 0 saturated heterocycles. The number of rotatable bonds is 5. The Bertz CT molecular complexity index is 2200. The molecule has 0 amide bonds. The Morgan fingerprint density at radius 3 is 1.49 bits per heavy atom. The van der Waals surface area contributed by atoms with E-state index in [0.717, 1.165) is 6.42 Å². The molecule has 8 aromatic rings. The van der Waals surface area contributed by atoms with Crippen LogP contribution < -0.4 is 0 Å². The second kappa shape index (κ2) is 10.7. The number of benzene rings is 8. The number of hydrogen-bond donors (Lipinski definition) is 0. The Kier molecular flexibility index (Phi) is 6.31. The summed E-state index contributed by atoms with van der Waals surface area (Å²) in [5.41, 5.74) is 10.3. The van der Waals surface area contributed by atoms with Crippen molar-refractivity contribution in [1.82, 2.24) is 0 Å². The van der Waals surface area contributed by atoms with Gasteiger partial charge in [0.2, 0.25) is 0 Å². The highest BCUT2D eigenvalue weighted by Gasteiger charge is 2.20. The lowest BCUT2D eigenvalue weighted by Crippen LogP contribution is -1.96. The molecule has 0 N–H and O–H groups in total. The topological polar surface area (TPSA) is 0 Å². The highest BCUT2D eigenvalue weighted by Crippen LogP contribution is 2.46. The second-order valence-electron chi connectivity index (χ2n) is 11.3. The third kappa shape index (κ3) is 4.49. The van der Waals surface area contributed by atoms with Crippen molar-refractivity contribution in [3.63, 3.8) is 0 Å². The van der Waals surface area contributed by atoms with Gasteiger partial charge in [0.25, 0.3) is 0 Å². The third-order valence-corrected chi connectivity index (χ3v) is 8.71. The summed E-state index contributed by atoms with van der Waals surface area (Å²) in [4.78, 5) is 0. The number of fused-ring (bicyclic) bond motifs is 3. The van der Waals surface area contributed by atoms with Crippen molar-refractivity contribution in [3.05, 3.63) is 181 Å². The minimum atomic E-state index is 0.877. The zero-order chi connectivity index (χ0) is 28.6. The van der Waals surface area contributed by atoms with Crippen LogP contribution >= 0.6 is 0 Å². The Hall–Kier alpha value is -5.46. The van der Waals surface area contributed by atoms with Gasteiger partial charge < -0.3 is 0 Å². The largest absolute Gasteiger partial charge is 0.0622 e. The van der Waals surface area contributed by atoms with Crippen LogP contribution in [0.5, 0.6) is 0 Å². The highest BCUT2D eigenvalue weighted by molar-refractivity contribution is 6.22. The van der Waals surface area contributed by atoms with E-state index in [1.165, 1.54) is 76.8 Å². The summed E-state index contributed by atoms with van der Waals surface area (Å²) in [5, 5.41) is 7.69. The van der Waals surface area contributed by atoms with Gasteiger partial charge >= 0.3 is 0 Å². The molecular weight excluding hydrogens is 516 g/mol. The van der Waals surface area contributed by atoms with Gasteiger partial charge in [-0.1, -0.05) is 170 Å². The first-order valence-electron chi connectivity index (χ1n) is 15.0. The van der Waals surface area contributed by atoms with E-state index in [0.29, 0.717) is 0 Å². The Balaban J connectivity index is 1.38. The van der Waals surface area contributed by atoms with Crippen molar-refractivity contribution in [3.8, 4) is 33.4 Å². The normalized spacial score (nSPS) is 11.3. The lowest BCUT2D eigenvalue weighted by molar-refractivity contribution is 1.20. The van der Waals surface area contributed by atoms with Crippen LogP contribution in [-0.2, 0) is 6.42 Å². The van der Waals surface area contributed by atoms with Gasteiger partial charge in [-0.05, 0) is 83.2 Å². The smallest absolute Gasteiger partial charge is 0.00194 e. The summed E-state index contributed by atoms with van der Waals surface area (Å²) in [6, 6.07) is 62.0. The molecule has 0 nitrogen and oxygen atoms in total.